The third kappa shape index (κ3) is 3.94. The molecule has 2 rings (SSSR count). The van der Waals surface area contributed by atoms with Crippen LogP contribution >= 0.6 is 31.9 Å². The number of halogens is 2. The first kappa shape index (κ1) is 14.8. The maximum absolute atomic E-state index is 5.32. The quantitative estimate of drug-likeness (QED) is 0.632. The van der Waals surface area contributed by atoms with Crippen LogP contribution in [0.4, 0.5) is 0 Å². The van der Waals surface area contributed by atoms with Crippen molar-refractivity contribution in [3.8, 4) is 5.75 Å². The first-order valence-electron chi connectivity index (χ1n) is 6.10. The SMILES string of the molecule is COc1c(Br)ccc(/C=N/NC2CCOCC2)c1Br. The molecule has 0 spiro atoms. The van der Waals surface area contributed by atoms with E-state index >= 15 is 0 Å². The molecule has 1 fully saturated rings. The standard InChI is InChI=1S/C13H16Br2N2O2/c1-18-13-11(14)3-2-9(12(13)15)8-16-17-10-4-6-19-7-5-10/h2-3,8,10,17H,4-7H2,1H3/b16-8+. The second-order valence-corrected chi connectivity index (χ2v) is 5.91. The Bertz CT molecular complexity index is 460. The smallest absolute Gasteiger partial charge is 0.147 e. The first-order valence-corrected chi connectivity index (χ1v) is 7.69. The van der Waals surface area contributed by atoms with Crippen LogP contribution in [0.1, 0.15) is 18.4 Å². The zero-order chi connectivity index (χ0) is 13.7. The number of hydrogen-bond acceptors (Lipinski definition) is 4. The highest BCUT2D eigenvalue weighted by Crippen LogP contribution is 2.35. The van der Waals surface area contributed by atoms with Crippen LogP contribution in [0.2, 0.25) is 0 Å². The predicted molar refractivity (Wildman–Crippen MR) is 83.0 cm³/mol. The normalized spacial score (nSPS) is 16.8. The number of ether oxygens (including phenoxy) is 2. The van der Waals surface area contributed by atoms with Gasteiger partial charge in [-0.05, 0) is 50.8 Å². The number of nitrogens with one attached hydrogen (secondary N) is 1. The lowest BCUT2D eigenvalue weighted by molar-refractivity contribution is 0.0784. The summed E-state index contributed by atoms with van der Waals surface area (Å²) in [4.78, 5) is 0. The van der Waals surface area contributed by atoms with Crippen molar-refractivity contribution < 1.29 is 9.47 Å². The Morgan fingerprint density at radius 1 is 1.37 bits per heavy atom. The van der Waals surface area contributed by atoms with Crippen LogP contribution in [0.5, 0.6) is 5.75 Å². The fourth-order valence-corrected chi connectivity index (χ4v) is 3.24. The van der Waals surface area contributed by atoms with Crippen molar-refractivity contribution in [2.75, 3.05) is 20.3 Å². The van der Waals surface area contributed by atoms with Gasteiger partial charge in [0.25, 0.3) is 0 Å². The molecule has 1 aromatic carbocycles. The van der Waals surface area contributed by atoms with Crippen molar-refractivity contribution in [2.24, 2.45) is 5.10 Å². The largest absolute Gasteiger partial charge is 0.494 e. The van der Waals surface area contributed by atoms with E-state index in [0.717, 1.165) is 46.3 Å². The molecule has 1 heterocycles. The fraction of sp³-hybridized carbons (Fsp3) is 0.462. The summed E-state index contributed by atoms with van der Waals surface area (Å²) in [6, 6.07) is 4.33. The summed E-state index contributed by atoms with van der Waals surface area (Å²) in [6.07, 6.45) is 3.80. The Morgan fingerprint density at radius 2 is 2.11 bits per heavy atom. The topological polar surface area (TPSA) is 42.8 Å². The molecule has 0 atom stereocenters. The Hall–Kier alpha value is -0.590. The average molecular weight is 392 g/mol. The van der Waals surface area contributed by atoms with E-state index in [9.17, 15) is 0 Å². The summed E-state index contributed by atoms with van der Waals surface area (Å²) in [5.41, 5.74) is 4.14. The highest BCUT2D eigenvalue weighted by atomic mass is 79.9. The minimum Gasteiger partial charge on any atom is -0.494 e. The van der Waals surface area contributed by atoms with Crippen molar-refractivity contribution in [1.82, 2.24) is 5.43 Å². The van der Waals surface area contributed by atoms with Crippen molar-refractivity contribution in [3.05, 3.63) is 26.6 Å². The fourth-order valence-electron chi connectivity index (χ4n) is 1.87. The molecule has 1 N–H and O–H groups in total. The lowest BCUT2D eigenvalue weighted by atomic mass is 10.1. The Balaban J connectivity index is 2.02. The number of hydrazone groups is 1. The van der Waals surface area contributed by atoms with Crippen LogP contribution in [0.15, 0.2) is 26.2 Å². The van der Waals surface area contributed by atoms with Crippen molar-refractivity contribution in [2.45, 2.75) is 18.9 Å². The Kier molecular flexibility index (Phi) is 5.66. The molecule has 4 nitrogen and oxygen atoms in total. The molecule has 6 heteroatoms. The van der Waals surface area contributed by atoms with Crippen molar-refractivity contribution in [1.29, 1.82) is 0 Å². The monoisotopic (exact) mass is 390 g/mol. The molecule has 0 bridgehead atoms. The van der Waals surface area contributed by atoms with E-state index in [4.69, 9.17) is 9.47 Å². The number of nitrogens with zero attached hydrogens (tertiary/aromatic N) is 1. The van der Waals surface area contributed by atoms with Gasteiger partial charge in [-0.25, -0.2) is 0 Å². The molecule has 0 radical (unpaired) electrons. The van der Waals surface area contributed by atoms with Crippen molar-refractivity contribution in [3.63, 3.8) is 0 Å². The average Bonchev–Trinajstić information content (AvgIpc) is 2.43. The molecule has 0 saturated carbocycles. The van der Waals surface area contributed by atoms with Gasteiger partial charge in [-0.1, -0.05) is 6.07 Å². The van der Waals surface area contributed by atoms with E-state index in [1.165, 1.54) is 0 Å². The predicted octanol–water partition coefficient (Wildman–Crippen LogP) is 3.32. The molecule has 1 aromatic rings. The molecular weight excluding hydrogens is 376 g/mol. The minimum atomic E-state index is 0.404. The lowest BCUT2D eigenvalue weighted by Crippen LogP contribution is -2.31. The van der Waals surface area contributed by atoms with Crippen molar-refractivity contribution >= 4 is 38.1 Å². The number of rotatable bonds is 4. The maximum Gasteiger partial charge on any atom is 0.147 e. The van der Waals surface area contributed by atoms with E-state index in [1.54, 1.807) is 13.3 Å². The molecule has 1 saturated heterocycles. The summed E-state index contributed by atoms with van der Waals surface area (Å²) in [5, 5.41) is 4.30. The molecule has 19 heavy (non-hydrogen) atoms. The molecule has 104 valence electrons. The second-order valence-electron chi connectivity index (χ2n) is 4.26. The highest BCUT2D eigenvalue weighted by Gasteiger charge is 2.12. The van der Waals surface area contributed by atoms with Gasteiger partial charge < -0.3 is 14.9 Å². The number of methoxy groups -OCH3 is 1. The zero-order valence-corrected chi connectivity index (χ0v) is 13.8. The summed E-state index contributed by atoms with van der Waals surface area (Å²) in [5.74, 6) is 0.773. The van der Waals surface area contributed by atoms with E-state index in [2.05, 4.69) is 42.4 Å². The van der Waals surface area contributed by atoms with Crippen LogP contribution in [-0.2, 0) is 4.74 Å². The lowest BCUT2D eigenvalue weighted by Gasteiger charge is -2.21. The van der Waals surface area contributed by atoms with Crippen LogP contribution in [0, 0.1) is 0 Å². The first-order chi connectivity index (χ1) is 9.22. The van der Waals surface area contributed by atoms with Crippen LogP contribution < -0.4 is 10.2 Å². The van der Waals surface area contributed by atoms with Gasteiger partial charge >= 0.3 is 0 Å². The van der Waals surface area contributed by atoms with Crippen LogP contribution in [-0.4, -0.2) is 32.6 Å². The summed E-state index contributed by atoms with van der Waals surface area (Å²) >= 11 is 6.97. The van der Waals surface area contributed by atoms with Gasteiger partial charge in [0.15, 0.2) is 0 Å². The van der Waals surface area contributed by atoms with Gasteiger partial charge in [0.1, 0.15) is 5.75 Å². The highest BCUT2D eigenvalue weighted by molar-refractivity contribution is 9.11. The van der Waals surface area contributed by atoms with Gasteiger partial charge in [-0.3, -0.25) is 0 Å². The van der Waals surface area contributed by atoms with Gasteiger partial charge in [-0.15, -0.1) is 0 Å². The molecular formula is C13H16Br2N2O2. The minimum absolute atomic E-state index is 0.404. The van der Waals surface area contributed by atoms with Gasteiger partial charge in [0.05, 0.1) is 22.3 Å². The van der Waals surface area contributed by atoms with E-state index in [1.807, 2.05) is 12.1 Å². The molecule has 0 unspecified atom stereocenters. The van der Waals surface area contributed by atoms with E-state index in [0.29, 0.717) is 6.04 Å². The Morgan fingerprint density at radius 3 is 2.79 bits per heavy atom. The van der Waals surface area contributed by atoms with Gasteiger partial charge in [0.2, 0.25) is 0 Å². The number of benzene rings is 1. The molecule has 1 aliphatic rings. The third-order valence-corrected chi connectivity index (χ3v) is 4.41. The Labute approximate surface area is 129 Å². The van der Waals surface area contributed by atoms with E-state index in [-0.39, 0.29) is 0 Å². The summed E-state index contributed by atoms with van der Waals surface area (Å²) in [7, 11) is 1.64. The third-order valence-electron chi connectivity index (χ3n) is 2.97. The molecule has 0 aliphatic carbocycles. The zero-order valence-electron chi connectivity index (χ0n) is 10.7. The summed E-state index contributed by atoms with van der Waals surface area (Å²) in [6.45, 7) is 1.62. The second kappa shape index (κ2) is 7.26. The van der Waals surface area contributed by atoms with Crippen LogP contribution in [0.3, 0.4) is 0 Å². The summed E-state index contributed by atoms with van der Waals surface area (Å²) < 4.78 is 12.4. The maximum atomic E-state index is 5.32. The molecule has 0 amide bonds. The molecule has 0 aromatic heterocycles. The van der Waals surface area contributed by atoms with Gasteiger partial charge in [-0.2, -0.15) is 5.10 Å². The van der Waals surface area contributed by atoms with Crippen LogP contribution in [0.25, 0.3) is 0 Å². The number of hydrogen-bond donors (Lipinski definition) is 1. The van der Waals surface area contributed by atoms with E-state index < -0.39 is 0 Å². The molecule has 1 aliphatic heterocycles. The van der Waals surface area contributed by atoms with Gasteiger partial charge in [0, 0.05) is 24.8 Å².